The normalized spacial score (nSPS) is 27.0. The summed E-state index contributed by atoms with van der Waals surface area (Å²) in [6.07, 6.45) is 10.1. The summed E-state index contributed by atoms with van der Waals surface area (Å²) in [4.78, 5) is 45.4. The van der Waals surface area contributed by atoms with E-state index in [0.29, 0.717) is 0 Å². The van der Waals surface area contributed by atoms with E-state index in [-0.39, 0.29) is 35.8 Å². The fourth-order valence-corrected chi connectivity index (χ4v) is 3.67. The zero-order chi connectivity index (χ0) is 19.3. The van der Waals surface area contributed by atoms with Gasteiger partial charge in [-0.15, -0.1) is 0 Å². The molecule has 0 fully saturated rings. The number of hydrogen-bond donors (Lipinski definition) is 0. The Hall–Kier alpha value is -3.22. The molecule has 138 valence electrons. The minimum atomic E-state index is -0.269. The van der Waals surface area contributed by atoms with E-state index in [9.17, 15) is 14.4 Å². The van der Waals surface area contributed by atoms with Crippen molar-refractivity contribution in [3.63, 3.8) is 0 Å². The average Bonchev–Trinajstić information content (AvgIpc) is 3.28. The average molecular weight is 364 g/mol. The Morgan fingerprint density at radius 3 is 1.37 bits per heavy atom. The second kappa shape index (κ2) is 6.19. The first-order chi connectivity index (χ1) is 12.9. The van der Waals surface area contributed by atoms with Crippen molar-refractivity contribution < 1.29 is 14.4 Å². The van der Waals surface area contributed by atoms with Gasteiger partial charge in [0.2, 0.25) is 17.7 Å². The summed E-state index contributed by atoms with van der Waals surface area (Å²) < 4.78 is 0. The van der Waals surface area contributed by atoms with Crippen LogP contribution in [0.15, 0.2) is 48.6 Å². The van der Waals surface area contributed by atoms with Crippen LogP contribution in [0.2, 0.25) is 0 Å². The van der Waals surface area contributed by atoms with Crippen molar-refractivity contribution in [2.45, 2.75) is 18.1 Å². The number of hydrogen-bond acceptors (Lipinski definition) is 4. The number of nitrogens with zero attached hydrogens (tertiary/aromatic N) is 4. The molecule has 0 spiro atoms. The Kier molecular flexibility index (Phi) is 3.95. The summed E-state index contributed by atoms with van der Waals surface area (Å²) in [5, 5.41) is 0. The van der Waals surface area contributed by atoms with Crippen molar-refractivity contribution in [3.8, 4) is 0 Å². The molecule has 0 radical (unpaired) electrons. The largest absolute Gasteiger partial charge is 0.332 e. The Morgan fingerprint density at radius 1 is 0.667 bits per heavy atom. The summed E-state index contributed by atoms with van der Waals surface area (Å²) in [5.74, 6) is -0.203. The number of aromatic nitrogens is 1. The van der Waals surface area contributed by atoms with Gasteiger partial charge in [0, 0.05) is 39.4 Å². The molecule has 0 N–H and O–H groups in total. The van der Waals surface area contributed by atoms with E-state index in [2.05, 4.69) is 0 Å². The molecule has 3 aliphatic heterocycles. The van der Waals surface area contributed by atoms with Gasteiger partial charge in [-0.3, -0.25) is 19.4 Å². The van der Waals surface area contributed by atoms with Gasteiger partial charge in [-0.2, -0.15) is 0 Å². The topological polar surface area (TPSA) is 73.8 Å². The van der Waals surface area contributed by atoms with Crippen molar-refractivity contribution in [1.82, 2.24) is 19.7 Å². The second-order valence-corrected chi connectivity index (χ2v) is 7.01. The van der Waals surface area contributed by atoms with E-state index in [1.165, 1.54) is 12.2 Å². The van der Waals surface area contributed by atoms with Crippen LogP contribution in [0.25, 0.3) is 0 Å². The van der Waals surface area contributed by atoms with Gasteiger partial charge >= 0.3 is 0 Å². The Morgan fingerprint density at radius 2 is 1.04 bits per heavy atom. The SMILES string of the molecule is CN1C(=O)C=CC1c1cc(C2C=CC(=O)N2C)nc(C2C=CC(=O)N2C)c1. The first-order valence-electron chi connectivity index (χ1n) is 8.73. The lowest BCUT2D eigenvalue weighted by atomic mass is 10.0. The third-order valence-electron chi connectivity index (χ3n) is 5.39. The van der Waals surface area contributed by atoms with Crippen molar-refractivity contribution in [1.29, 1.82) is 0 Å². The predicted molar refractivity (Wildman–Crippen MR) is 98.2 cm³/mol. The van der Waals surface area contributed by atoms with Crippen LogP contribution in [0, 0.1) is 0 Å². The molecule has 1 aromatic rings. The maximum Gasteiger partial charge on any atom is 0.246 e. The van der Waals surface area contributed by atoms with Gasteiger partial charge in [0.1, 0.15) is 0 Å². The van der Waals surface area contributed by atoms with Crippen LogP contribution in [0.5, 0.6) is 0 Å². The van der Waals surface area contributed by atoms with Crippen LogP contribution < -0.4 is 0 Å². The second-order valence-electron chi connectivity index (χ2n) is 7.01. The summed E-state index contributed by atoms with van der Waals surface area (Å²) in [6.45, 7) is 0. The number of rotatable bonds is 3. The molecule has 3 amide bonds. The summed E-state index contributed by atoms with van der Waals surface area (Å²) in [5.41, 5.74) is 2.34. The maximum absolute atomic E-state index is 11.9. The number of carbonyl (C=O) groups excluding carboxylic acids is 3. The highest BCUT2D eigenvalue weighted by molar-refractivity contribution is 5.91. The van der Waals surface area contributed by atoms with Crippen LogP contribution in [0.4, 0.5) is 0 Å². The lowest BCUT2D eigenvalue weighted by molar-refractivity contribution is -0.125. The minimum absolute atomic E-state index is 0.0546. The van der Waals surface area contributed by atoms with E-state index in [1.54, 1.807) is 41.9 Å². The van der Waals surface area contributed by atoms with Gasteiger partial charge in [-0.1, -0.05) is 18.2 Å². The third kappa shape index (κ3) is 2.75. The van der Waals surface area contributed by atoms with Crippen molar-refractivity contribution in [2.75, 3.05) is 21.1 Å². The Bertz CT molecular complexity index is 802. The molecule has 7 nitrogen and oxygen atoms in total. The minimum Gasteiger partial charge on any atom is -0.332 e. The maximum atomic E-state index is 11.9. The van der Waals surface area contributed by atoms with Crippen LogP contribution in [0.1, 0.15) is 35.1 Å². The molecular formula is C20H20N4O3. The van der Waals surface area contributed by atoms with Crippen molar-refractivity contribution in [2.24, 2.45) is 0 Å². The lowest BCUT2D eigenvalue weighted by Gasteiger charge is -2.26. The molecule has 0 aromatic carbocycles. The van der Waals surface area contributed by atoms with Crippen LogP contribution in [-0.4, -0.2) is 58.5 Å². The molecule has 0 aliphatic carbocycles. The van der Waals surface area contributed by atoms with E-state index in [4.69, 9.17) is 4.98 Å². The predicted octanol–water partition coefficient (Wildman–Crippen LogP) is 1.29. The highest BCUT2D eigenvalue weighted by Crippen LogP contribution is 2.34. The van der Waals surface area contributed by atoms with E-state index < -0.39 is 0 Å². The molecular weight excluding hydrogens is 344 g/mol. The van der Waals surface area contributed by atoms with E-state index in [1.807, 2.05) is 30.4 Å². The van der Waals surface area contributed by atoms with Crippen molar-refractivity contribution >= 4 is 17.7 Å². The van der Waals surface area contributed by atoms with Crippen LogP contribution in [-0.2, 0) is 14.4 Å². The van der Waals surface area contributed by atoms with Gasteiger partial charge in [0.25, 0.3) is 0 Å². The van der Waals surface area contributed by atoms with Gasteiger partial charge in [0.05, 0.1) is 29.5 Å². The summed E-state index contributed by atoms with van der Waals surface area (Å²) >= 11 is 0. The molecule has 3 atom stereocenters. The standard InChI is InChI=1S/C20H20N4O3/c1-22-15(4-7-18(22)25)12-10-13(16-5-8-19(26)23(16)2)21-14(11-12)17-6-9-20(27)24(17)3/h4-11,15-17H,1-3H3. The molecule has 27 heavy (non-hydrogen) atoms. The quantitative estimate of drug-likeness (QED) is 0.810. The molecule has 0 saturated heterocycles. The molecule has 0 saturated carbocycles. The summed E-state index contributed by atoms with van der Waals surface area (Å²) in [6, 6.07) is 3.12. The third-order valence-corrected chi connectivity index (χ3v) is 5.39. The highest BCUT2D eigenvalue weighted by atomic mass is 16.2. The Labute approximate surface area is 157 Å². The molecule has 1 aromatic heterocycles. The van der Waals surface area contributed by atoms with Gasteiger partial charge in [-0.25, -0.2) is 0 Å². The number of likely N-dealkylation sites (N-methyl/N-ethyl adjacent to an activating group) is 3. The van der Waals surface area contributed by atoms with Gasteiger partial charge < -0.3 is 14.7 Å². The highest BCUT2D eigenvalue weighted by Gasteiger charge is 2.31. The van der Waals surface area contributed by atoms with Crippen LogP contribution >= 0.6 is 0 Å². The number of amides is 3. The molecule has 3 unspecified atom stereocenters. The zero-order valence-electron chi connectivity index (χ0n) is 15.4. The molecule has 0 bridgehead atoms. The number of carbonyl (C=O) groups is 3. The van der Waals surface area contributed by atoms with Gasteiger partial charge in [-0.05, 0) is 17.7 Å². The monoisotopic (exact) mass is 364 g/mol. The van der Waals surface area contributed by atoms with E-state index in [0.717, 1.165) is 17.0 Å². The molecule has 7 heteroatoms. The van der Waals surface area contributed by atoms with Crippen molar-refractivity contribution in [3.05, 3.63) is 65.5 Å². The Balaban J connectivity index is 1.80. The molecule has 4 rings (SSSR count). The lowest BCUT2D eigenvalue weighted by Crippen LogP contribution is -2.28. The molecule has 4 heterocycles. The van der Waals surface area contributed by atoms with Gasteiger partial charge in [0.15, 0.2) is 0 Å². The first-order valence-corrected chi connectivity index (χ1v) is 8.73. The fraction of sp³-hybridized carbons (Fsp3) is 0.300. The number of pyridine rings is 1. The van der Waals surface area contributed by atoms with Crippen LogP contribution in [0.3, 0.4) is 0 Å². The first kappa shape index (κ1) is 17.2. The molecule has 3 aliphatic rings. The zero-order valence-corrected chi connectivity index (χ0v) is 15.4. The van der Waals surface area contributed by atoms with E-state index >= 15 is 0 Å². The summed E-state index contributed by atoms with van der Waals surface area (Å²) in [7, 11) is 5.22. The fourth-order valence-electron chi connectivity index (χ4n) is 3.67. The smallest absolute Gasteiger partial charge is 0.246 e.